The van der Waals surface area contributed by atoms with Crippen LogP contribution < -0.4 is 5.73 Å². The fourth-order valence-corrected chi connectivity index (χ4v) is 2.25. The second-order valence-electron chi connectivity index (χ2n) is 4.73. The first kappa shape index (κ1) is 12.2. The largest absolute Gasteiger partial charge is 0.399 e. The van der Waals surface area contributed by atoms with Crippen molar-refractivity contribution in [2.75, 3.05) is 5.73 Å². The van der Waals surface area contributed by atoms with Crippen LogP contribution in [-0.4, -0.2) is 8.96 Å². The van der Waals surface area contributed by atoms with Gasteiger partial charge in [0, 0.05) is 27.0 Å². The van der Waals surface area contributed by atoms with E-state index in [9.17, 15) is 4.21 Å². The average Bonchev–Trinajstić information content (AvgIpc) is 2.11. The molecule has 84 valence electrons. The van der Waals surface area contributed by atoms with E-state index in [4.69, 9.17) is 5.73 Å². The minimum Gasteiger partial charge on any atom is -0.399 e. The standard InChI is InChI=1S/C12H19NOS/c1-9-10(6-5-7-11(9)13)8-15(14)12(2,3)4/h5-7H,8,13H2,1-4H3. The van der Waals surface area contributed by atoms with Crippen molar-refractivity contribution in [3.63, 3.8) is 0 Å². The number of nitrogen functional groups attached to an aromatic ring is 1. The van der Waals surface area contributed by atoms with Gasteiger partial charge in [0.2, 0.25) is 0 Å². The monoisotopic (exact) mass is 225 g/mol. The summed E-state index contributed by atoms with van der Waals surface area (Å²) in [6, 6.07) is 5.78. The summed E-state index contributed by atoms with van der Waals surface area (Å²) in [7, 11) is -0.862. The second-order valence-corrected chi connectivity index (χ2v) is 6.94. The minimum absolute atomic E-state index is 0.170. The van der Waals surface area contributed by atoms with E-state index in [1.807, 2.05) is 45.9 Å². The van der Waals surface area contributed by atoms with Gasteiger partial charge in [-0.3, -0.25) is 4.21 Å². The van der Waals surface area contributed by atoms with Crippen molar-refractivity contribution in [2.45, 2.75) is 38.2 Å². The summed E-state index contributed by atoms with van der Waals surface area (Å²) in [5.41, 5.74) is 8.72. The maximum Gasteiger partial charge on any atom is 0.0494 e. The van der Waals surface area contributed by atoms with Crippen LogP contribution in [0.1, 0.15) is 31.9 Å². The Morgan fingerprint density at radius 1 is 1.33 bits per heavy atom. The molecule has 1 unspecified atom stereocenters. The average molecular weight is 225 g/mol. The molecule has 2 nitrogen and oxygen atoms in total. The third-order valence-corrected chi connectivity index (χ3v) is 4.40. The summed E-state index contributed by atoms with van der Waals surface area (Å²) in [5, 5.41) is 0. The topological polar surface area (TPSA) is 43.1 Å². The summed E-state index contributed by atoms with van der Waals surface area (Å²) in [6.07, 6.45) is 0. The first-order valence-corrected chi connectivity index (χ1v) is 6.36. The maximum atomic E-state index is 12.0. The molecule has 2 N–H and O–H groups in total. The lowest BCUT2D eigenvalue weighted by molar-refractivity contribution is 0.648. The maximum absolute atomic E-state index is 12.0. The number of nitrogens with two attached hydrogens (primary N) is 1. The Balaban J connectivity index is 2.91. The van der Waals surface area contributed by atoms with E-state index in [0.29, 0.717) is 5.75 Å². The van der Waals surface area contributed by atoms with Gasteiger partial charge >= 0.3 is 0 Å². The zero-order valence-electron chi connectivity index (χ0n) is 9.83. The molecule has 1 rings (SSSR count). The molecule has 0 aliphatic rings. The van der Waals surface area contributed by atoms with Crippen molar-refractivity contribution in [1.29, 1.82) is 0 Å². The first-order valence-electron chi connectivity index (χ1n) is 5.05. The predicted molar refractivity (Wildman–Crippen MR) is 67.2 cm³/mol. The molecule has 0 spiro atoms. The Bertz CT molecular complexity index is 380. The summed E-state index contributed by atoms with van der Waals surface area (Å²) in [5.74, 6) is 0.584. The summed E-state index contributed by atoms with van der Waals surface area (Å²) in [6.45, 7) is 7.95. The Morgan fingerprint density at radius 3 is 2.47 bits per heavy atom. The van der Waals surface area contributed by atoms with Crippen LogP contribution in [-0.2, 0) is 16.6 Å². The highest BCUT2D eigenvalue weighted by Gasteiger charge is 2.20. The number of rotatable bonds is 2. The molecule has 0 aliphatic carbocycles. The highest BCUT2D eigenvalue weighted by atomic mass is 32.2. The van der Waals surface area contributed by atoms with E-state index in [1.165, 1.54) is 0 Å². The number of hydrogen-bond acceptors (Lipinski definition) is 2. The summed E-state index contributed by atoms with van der Waals surface area (Å²) < 4.78 is 11.8. The quantitative estimate of drug-likeness (QED) is 0.786. The molecule has 0 aromatic heterocycles. The van der Waals surface area contributed by atoms with E-state index in [2.05, 4.69) is 0 Å². The van der Waals surface area contributed by atoms with Crippen LogP contribution in [0.15, 0.2) is 18.2 Å². The molecule has 0 bridgehead atoms. The van der Waals surface area contributed by atoms with Crippen molar-refractivity contribution in [1.82, 2.24) is 0 Å². The van der Waals surface area contributed by atoms with Crippen LogP contribution >= 0.6 is 0 Å². The van der Waals surface area contributed by atoms with Gasteiger partial charge in [0.05, 0.1) is 0 Å². The molecule has 1 aromatic rings. The van der Waals surface area contributed by atoms with Gasteiger partial charge in [0.15, 0.2) is 0 Å². The van der Waals surface area contributed by atoms with Crippen molar-refractivity contribution < 1.29 is 4.21 Å². The Morgan fingerprint density at radius 2 is 1.93 bits per heavy atom. The van der Waals surface area contributed by atoms with E-state index in [1.54, 1.807) is 0 Å². The first-order chi connectivity index (χ1) is 6.82. The highest BCUT2D eigenvalue weighted by Crippen LogP contribution is 2.21. The lowest BCUT2D eigenvalue weighted by atomic mass is 10.1. The van der Waals surface area contributed by atoms with Gasteiger partial charge < -0.3 is 5.73 Å². The molecule has 15 heavy (non-hydrogen) atoms. The molecule has 0 saturated carbocycles. The SMILES string of the molecule is Cc1c(N)cccc1CS(=O)C(C)(C)C. The molecule has 0 radical (unpaired) electrons. The van der Waals surface area contributed by atoms with Crippen LogP contribution in [0.2, 0.25) is 0 Å². The van der Waals surface area contributed by atoms with Crippen molar-refractivity contribution in [2.24, 2.45) is 0 Å². The summed E-state index contributed by atoms with van der Waals surface area (Å²) in [4.78, 5) is 0. The molecule has 1 aromatic carbocycles. The van der Waals surface area contributed by atoms with Crippen molar-refractivity contribution in [3.8, 4) is 0 Å². The molecule has 0 aliphatic heterocycles. The molecule has 0 saturated heterocycles. The number of hydrogen-bond donors (Lipinski definition) is 1. The van der Waals surface area contributed by atoms with Gasteiger partial charge in [-0.25, -0.2) is 0 Å². The van der Waals surface area contributed by atoms with E-state index < -0.39 is 10.8 Å². The third kappa shape index (κ3) is 3.06. The van der Waals surface area contributed by atoms with E-state index >= 15 is 0 Å². The Hall–Kier alpha value is -0.830. The summed E-state index contributed by atoms with van der Waals surface area (Å²) >= 11 is 0. The van der Waals surface area contributed by atoms with Crippen molar-refractivity contribution >= 4 is 16.5 Å². The number of benzene rings is 1. The van der Waals surface area contributed by atoms with Gasteiger partial charge in [-0.05, 0) is 44.9 Å². The zero-order valence-corrected chi connectivity index (χ0v) is 10.6. The fraction of sp³-hybridized carbons (Fsp3) is 0.500. The third-order valence-electron chi connectivity index (χ3n) is 2.46. The molecule has 1 atom stereocenters. The fourth-order valence-electron chi connectivity index (χ4n) is 1.22. The van der Waals surface area contributed by atoms with Gasteiger partial charge in [-0.2, -0.15) is 0 Å². The van der Waals surface area contributed by atoms with Gasteiger partial charge in [-0.1, -0.05) is 12.1 Å². The molecule has 0 heterocycles. The molecule has 0 amide bonds. The predicted octanol–water partition coefficient (Wildman–Crippen LogP) is 2.62. The minimum atomic E-state index is -0.862. The zero-order chi connectivity index (χ0) is 11.6. The Kier molecular flexibility index (Phi) is 3.55. The highest BCUT2D eigenvalue weighted by molar-refractivity contribution is 7.85. The molecule has 0 fully saturated rings. The van der Waals surface area contributed by atoms with Gasteiger partial charge in [-0.15, -0.1) is 0 Å². The van der Waals surface area contributed by atoms with Gasteiger partial charge in [0.25, 0.3) is 0 Å². The van der Waals surface area contributed by atoms with Crippen LogP contribution in [0, 0.1) is 6.92 Å². The lowest BCUT2D eigenvalue weighted by Crippen LogP contribution is -2.23. The molecular weight excluding hydrogens is 206 g/mol. The molecular formula is C12H19NOS. The van der Waals surface area contributed by atoms with Crippen molar-refractivity contribution in [3.05, 3.63) is 29.3 Å². The van der Waals surface area contributed by atoms with Crippen LogP contribution in [0.3, 0.4) is 0 Å². The normalized spacial score (nSPS) is 13.9. The van der Waals surface area contributed by atoms with Crippen LogP contribution in [0.4, 0.5) is 5.69 Å². The van der Waals surface area contributed by atoms with E-state index in [0.717, 1.165) is 16.8 Å². The van der Waals surface area contributed by atoms with E-state index in [-0.39, 0.29) is 4.75 Å². The van der Waals surface area contributed by atoms with Crippen LogP contribution in [0.25, 0.3) is 0 Å². The van der Waals surface area contributed by atoms with Crippen LogP contribution in [0.5, 0.6) is 0 Å². The number of anilines is 1. The van der Waals surface area contributed by atoms with Gasteiger partial charge in [0.1, 0.15) is 0 Å². The molecule has 3 heteroatoms. The Labute approximate surface area is 94.3 Å². The second kappa shape index (κ2) is 4.35. The smallest absolute Gasteiger partial charge is 0.0494 e. The lowest BCUT2D eigenvalue weighted by Gasteiger charge is -2.18.